The Hall–Kier alpha value is -0.120. The summed E-state index contributed by atoms with van der Waals surface area (Å²) in [7, 11) is 0. The first-order chi connectivity index (χ1) is 8.38. The minimum Gasteiger partial charge on any atom is -0.317 e. The summed E-state index contributed by atoms with van der Waals surface area (Å²) < 4.78 is 0. The van der Waals surface area contributed by atoms with E-state index in [0.29, 0.717) is 0 Å². The van der Waals surface area contributed by atoms with Crippen molar-refractivity contribution in [2.45, 2.75) is 44.6 Å². The van der Waals surface area contributed by atoms with Crippen LogP contribution in [0.4, 0.5) is 0 Å². The van der Waals surface area contributed by atoms with Gasteiger partial charge in [-0.15, -0.1) is 0 Å². The van der Waals surface area contributed by atoms with E-state index in [9.17, 15) is 0 Å². The Morgan fingerprint density at radius 1 is 0.765 bits per heavy atom. The Labute approximate surface area is 105 Å². The highest BCUT2D eigenvalue weighted by atomic mass is 15.2. The largest absolute Gasteiger partial charge is 0.317 e. The van der Waals surface area contributed by atoms with Gasteiger partial charge >= 0.3 is 0 Å². The van der Waals surface area contributed by atoms with E-state index in [1.165, 1.54) is 77.8 Å². The van der Waals surface area contributed by atoms with Crippen molar-refractivity contribution in [3.63, 3.8) is 0 Å². The molecule has 98 valence electrons. The molecular weight excluding hydrogens is 210 g/mol. The van der Waals surface area contributed by atoms with E-state index in [4.69, 9.17) is 0 Å². The first-order valence-electron chi connectivity index (χ1n) is 7.54. The van der Waals surface area contributed by atoms with Crippen molar-refractivity contribution in [1.82, 2.24) is 15.5 Å². The van der Waals surface area contributed by atoms with E-state index >= 15 is 0 Å². The number of hydrogen-bond donors (Lipinski definition) is 2. The van der Waals surface area contributed by atoms with Gasteiger partial charge in [-0.3, -0.25) is 4.90 Å². The second kappa shape index (κ2) is 5.25. The van der Waals surface area contributed by atoms with Gasteiger partial charge in [0.1, 0.15) is 0 Å². The summed E-state index contributed by atoms with van der Waals surface area (Å²) in [6.07, 6.45) is 8.76. The monoisotopic (exact) mass is 237 g/mol. The SMILES string of the molecule is C1CN(C2CCC3(CCNCC3)CC2)CCN1. The topological polar surface area (TPSA) is 27.3 Å². The van der Waals surface area contributed by atoms with Gasteiger partial charge < -0.3 is 10.6 Å². The summed E-state index contributed by atoms with van der Waals surface area (Å²) in [5, 5.41) is 6.97. The Morgan fingerprint density at radius 2 is 1.35 bits per heavy atom. The third kappa shape index (κ3) is 2.67. The van der Waals surface area contributed by atoms with Crippen molar-refractivity contribution >= 4 is 0 Å². The highest BCUT2D eigenvalue weighted by Gasteiger charge is 2.37. The Bertz CT molecular complexity index is 232. The highest BCUT2D eigenvalue weighted by Crippen LogP contribution is 2.44. The molecule has 0 aromatic carbocycles. The fraction of sp³-hybridized carbons (Fsp3) is 1.00. The minimum atomic E-state index is 0.732. The molecule has 2 heterocycles. The van der Waals surface area contributed by atoms with Crippen LogP contribution in [-0.2, 0) is 0 Å². The van der Waals surface area contributed by atoms with Gasteiger partial charge in [0.15, 0.2) is 0 Å². The van der Waals surface area contributed by atoms with Crippen LogP contribution in [0.2, 0.25) is 0 Å². The molecule has 1 spiro atoms. The third-order valence-electron chi connectivity index (χ3n) is 5.35. The zero-order valence-corrected chi connectivity index (χ0v) is 11.0. The third-order valence-corrected chi connectivity index (χ3v) is 5.35. The zero-order chi connectivity index (χ0) is 11.6. The van der Waals surface area contributed by atoms with E-state index in [0.717, 1.165) is 11.5 Å². The normalized spacial score (nSPS) is 31.8. The summed E-state index contributed by atoms with van der Waals surface area (Å²) in [5.74, 6) is 0. The second-order valence-electron chi connectivity index (χ2n) is 6.27. The molecule has 3 aliphatic rings. The maximum atomic E-state index is 3.51. The first kappa shape index (κ1) is 11.9. The number of nitrogens with one attached hydrogen (secondary N) is 2. The van der Waals surface area contributed by atoms with E-state index in [-0.39, 0.29) is 0 Å². The number of rotatable bonds is 1. The summed E-state index contributed by atoms with van der Waals surface area (Å²) in [6.45, 7) is 7.48. The van der Waals surface area contributed by atoms with Crippen LogP contribution in [-0.4, -0.2) is 50.2 Å². The molecule has 0 amide bonds. The maximum absolute atomic E-state index is 3.51. The van der Waals surface area contributed by atoms with Crippen LogP contribution in [0.3, 0.4) is 0 Å². The fourth-order valence-electron chi connectivity index (χ4n) is 4.08. The molecule has 0 radical (unpaired) electrons. The van der Waals surface area contributed by atoms with Crippen LogP contribution >= 0.6 is 0 Å². The van der Waals surface area contributed by atoms with Gasteiger partial charge in [-0.2, -0.15) is 0 Å². The van der Waals surface area contributed by atoms with Gasteiger partial charge in [-0.25, -0.2) is 0 Å². The van der Waals surface area contributed by atoms with Crippen LogP contribution in [0, 0.1) is 5.41 Å². The van der Waals surface area contributed by atoms with Crippen LogP contribution in [0.1, 0.15) is 38.5 Å². The van der Waals surface area contributed by atoms with E-state index in [1.807, 2.05) is 0 Å². The maximum Gasteiger partial charge on any atom is 0.0110 e. The van der Waals surface area contributed by atoms with Crippen molar-refractivity contribution in [3.05, 3.63) is 0 Å². The Balaban J connectivity index is 1.52. The lowest BCUT2D eigenvalue weighted by molar-refractivity contribution is 0.0597. The molecule has 0 bridgehead atoms. The van der Waals surface area contributed by atoms with E-state index in [1.54, 1.807) is 0 Å². The average Bonchev–Trinajstić information content (AvgIpc) is 2.42. The predicted molar refractivity (Wildman–Crippen MR) is 71.2 cm³/mol. The van der Waals surface area contributed by atoms with Gasteiger partial charge in [0.25, 0.3) is 0 Å². The number of hydrogen-bond acceptors (Lipinski definition) is 3. The van der Waals surface area contributed by atoms with Crippen LogP contribution in [0.25, 0.3) is 0 Å². The molecule has 1 saturated carbocycles. The van der Waals surface area contributed by atoms with Crippen molar-refractivity contribution < 1.29 is 0 Å². The molecule has 3 heteroatoms. The van der Waals surface area contributed by atoms with Gasteiger partial charge in [0.05, 0.1) is 0 Å². The van der Waals surface area contributed by atoms with E-state index in [2.05, 4.69) is 15.5 Å². The molecule has 3 rings (SSSR count). The molecule has 17 heavy (non-hydrogen) atoms. The van der Waals surface area contributed by atoms with Crippen LogP contribution in [0.5, 0.6) is 0 Å². The summed E-state index contributed by atoms with van der Waals surface area (Å²) in [4.78, 5) is 2.74. The van der Waals surface area contributed by atoms with Gasteiger partial charge in [0, 0.05) is 32.2 Å². The molecule has 0 aromatic rings. The Kier molecular flexibility index (Phi) is 3.69. The van der Waals surface area contributed by atoms with E-state index < -0.39 is 0 Å². The molecule has 1 aliphatic carbocycles. The molecule has 2 aliphatic heterocycles. The number of nitrogens with zero attached hydrogens (tertiary/aromatic N) is 1. The predicted octanol–water partition coefficient (Wildman–Crippen LogP) is 1.20. The first-order valence-corrected chi connectivity index (χ1v) is 7.54. The molecule has 3 nitrogen and oxygen atoms in total. The Morgan fingerprint density at radius 3 is 2.00 bits per heavy atom. The molecule has 3 fully saturated rings. The molecular formula is C14H27N3. The molecule has 2 saturated heterocycles. The summed E-state index contributed by atoms with van der Waals surface area (Å²) in [6, 6.07) is 0.901. The van der Waals surface area contributed by atoms with Crippen molar-refractivity contribution in [3.8, 4) is 0 Å². The lowest BCUT2D eigenvalue weighted by atomic mass is 9.67. The van der Waals surface area contributed by atoms with Gasteiger partial charge in [-0.1, -0.05) is 0 Å². The lowest BCUT2D eigenvalue weighted by Gasteiger charge is -2.46. The fourth-order valence-corrected chi connectivity index (χ4v) is 4.08. The summed E-state index contributed by atoms with van der Waals surface area (Å²) in [5.41, 5.74) is 0.732. The molecule has 0 atom stereocenters. The van der Waals surface area contributed by atoms with Gasteiger partial charge in [0.2, 0.25) is 0 Å². The number of piperazine rings is 1. The highest BCUT2D eigenvalue weighted by molar-refractivity contribution is 4.92. The smallest absolute Gasteiger partial charge is 0.0110 e. The van der Waals surface area contributed by atoms with Crippen molar-refractivity contribution in [1.29, 1.82) is 0 Å². The zero-order valence-electron chi connectivity index (χ0n) is 11.0. The summed E-state index contributed by atoms with van der Waals surface area (Å²) >= 11 is 0. The quantitative estimate of drug-likeness (QED) is 0.718. The van der Waals surface area contributed by atoms with Gasteiger partial charge in [-0.05, 0) is 57.0 Å². The van der Waals surface area contributed by atoms with Crippen LogP contribution < -0.4 is 10.6 Å². The molecule has 0 unspecified atom stereocenters. The van der Waals surface area contributed by atoms with Crippen molar-refractivity contribution in [2.24, 2.45) is 5.41 Å². The van der Waals surface area contributed by atoms with Crippen molar-refractivity contribution in [2.75, 3.05) is 39.3 Å². The standard InChI is InChI=1S/C14H27N3/c1-3-14(5-7-15-8-6-14)4-2-13(1)17-11-9-16-10-12-17/h13,15-16H,1-12H2. The minimum absolute atomic E-state index is 0.732. The van der Waals surface area contributed by atoms with Crippen LogP contribution in [0.15, 0.2) is 0 Å². The number of piperidine rings is 1. The molecule has 0 aromatic heterocycles. The second-order valence-corrected chi connectivity index (χ2v) is 6.27. The molecule has 2 N–H and O–H groups in total. The average molecular weight is 237 g/mol. The lowest BCUT2D eigenvalue weighted by Crippen LogP contribution is -2.51.